The highest BCUT2D eigenvalue weighted by atomic mass is 32.1. The molecule has 2 aromatic heterocycles. The van der Waals surface area contributed by atoms with E-state index >= 15 is 0 Å². The van der Waals surface area contributed by atoms with Crippen molar-refractivity contribution in [3.8, 4) is 16.6 Å². The maximum atomic E-state index is 11.1. The van der Waals surface area contributed by atoms with Gasteiger partial charge in [-0.25, -0.2) is 9.78 Å². The third-order valence-corrected chi connectivity index (χ3v) is 4.26. The number of carboxylic acid groups (broad SMARTS) is 1. The van der Waals surface area contributed by atoms with Crippen molar-refractivity contribution in [3.63, 3.8) is 0 Å². The number of fused-ring (bicyclic) bond motifs is 1. The second kappa shape index (κ2) is 4.96. The van der Waals surface area contributed by atoms with Gasteiger partial charge in [-0.2, -0.15) is 5.26 Å². The Labute approximate surface area is 124 Å². The highest BCUT2D eigenvalue weighted by Gasteiger charge is 2.16. The van der Waals surface area contributed by atoms with Crippen LogP contribution in [0.4, 0.5) is 0 Å². The van der Waals surface area contributed by atoms with Crippen molar-refractivity contribution in [2.24, 2.45) is 0 Å². The highest BCUT2D eigenvalue weighted by Crippen LogP contribution is 2.31. The number of pyridine rings is 1. The Morgan fingerprint density at radius 1 is 1.43 bits per heavy atom. The monoisotopic (exact) mass is 295 g/mol. The Bertz CT molecular complexity index is 909. The number of thiazole rings is 1. The summed E-state index contributed by atoms with van der Waals surface area (Å²) in [5, 5.41) is 19.8. The molecule has 3 aromatic rings. The third-order valence-electron chi connectivity index (χ3n) is 3.06. The van der Waals surface area contributed by atoms with E-state index in [1.807, 2.05) is 12.1 Å². The van der Waals surface area contributed by atoms with Gasteiger partial charge in [-0.15, -0.1) is 11.3 Å². The minimum Gasteiger partial charge on any atom is -0.477 e. The normalized spacial score (nSPS) is 10.5. The molecule has 102 valence electrons. The van der Waals surface area contributed by atoms with E-state index in [1.54, 1.807) is 25.3 Å². The van der Waals surface area contributed by atoms with Crippen LogP contribution in [0.15, 0.2) is 30.5 Å². The number of nitrogens with zero attached hydrogens (tertiary/aromatic N) is 3. The number of rotatable bonds is 2. The molecule has 0 fully saturated rings. The molecule has 2 heterocycles. The van der Waals surface area contributed by atoms with E-state index in [4.69, 9.17) is 5.11 Å². The zero-order valence-corrected chi connectivity index (χ0v) is 11.8. The predicted molar refractivity (Wildman–Crippen MR) is 79.3 cm³/mol. The number of aryl methyl sites for hydroxylation is 1. The van der Waals surface area contributed by atoms with Crippen molar-refractivity contribution in [3.05, 3.63) is 46.6 Å². The molecule has 6 heteroatoms. The van der Waals surface area contributed by atoms with Crippen LogP contribution in [-0.2, 0) is 0 Å². The molecule has 21 heavy (non-hydrogen) atoms. The van der Waals surface area contributed by atoms with Crippen LogP contribution < -0.4 is 0 Å². The first-order valence-electron chi connectivity index (χ1n) is 6.10. The maximum absolute atomic E-state index is 11.1. The Balaban J connectivity index is 2.24. The SMILES string of the molecule is Cc1nc(-c2cc(C#N)c3ncccc3c2)sc1C(=O)O. The van der Waals surface area contributed by atoms with Crippen molar-refractivity contribution in [2.45, 2.75) is 6.92 Å². The summed E-state index contributed by atoms with van der Waals surface area (Å²) >= 11 is 1.11. The van der Waals surface area contributed by atoms with Gasteiger partial charge in [0.05, 0.1) is 16.8 Å². The molecule has 0 aliphatic heterocycles. The average Bonchev–Trinajstić information content (AvgIpc) is 2.88. The van der Waals surface area contributed by atoms with Gasteiger partial charge in [0.15, 0.2) is 0 Å². The smallest absolute Gasteiger partial charge is 0.347 e. The lowest BCUT2D eigenvalue weighted by Gasteiger charge is -2.02. The summed E-state index contributed by atoms with van der Waals surface area (Å²) in [5.41, 5.74) is 2.29. The third kappa shape index (κ3) is 2.24. The van der Waals surface area contributed by atoms with E-state index in [-0.39, 0.29) is 4.88 Å². The van der Waals surface area contributed by atoms with Crippen LogP contribution in [0.5, 0.6) is 0 Å². The largest absolute Gasteiger partial charge is 0.477 e. The Morgan fingerprint density at radius 3 is 2.90 bits per heavy atom. The topological polar surface area (TPSA) is 86.9 Å². The van der Waals surface area contributed by atoms with Crippen molar-refractivity contribution in [1.82, 2.24) is 9.97 Å². The van der Waals surface area contributed by atoms with Gasteiger partial charge in [0.25, 0.3) is 0 Å². The highest BCUT2D eigenvalue weighted by molar-refractivity contribution is 7.17. The fourth-order valence-electron chi connectivity index (χ4n) is 2.12. The predicted octanol–water partition coefficient (Wildman–Crippen LogP) is 3.24. The van der Waals surface area contributed by atoms with Crippen molar-refractivity contribution >= 4 is 28.2 Å². The molecular weight excluding hydrogens is 286 g/mol. The Kier molecular flexibility index (Phi) is 3.12. The van der Waals surface area contributed by atoms with Crippen molar-refractivity contribution in [1.29, 1.82) is 5.26 Å². The number of aromatic carboxylic acids is 1. The molecule has 3 rings (SSSR count). The van der Waals surface area contributed by atoms with E-state index in [0.29, 0.717) is 21.8 Å². The van der Waals surface area contributed by atoms with Crippen LogP contribution in [0.3, 0.4) is 0 Å². The lowest BCUT2D eigenvalue weighted by molar-refractivity contribution is 0.0701. The zero-order chi connectivity index (χ0) is 15.0. The standard InChI is InChI=1S/C15H9N3O2S/c1-8-13(15(19)20)21-14(18-8)10-5-9-3-2-4-17-12(9)11(6-10)7-16/h2-6H,1H3,(H,19,20). The fourth-order valence-corrected chi connectivity index (χ4v) is 3.01. The molecule has 0 spiro atoms. The van der Waals surface area contributed by atoms with E-state index in [9.17, 15) is 10.1 Å². The van der Waals surface area contributed by atoms with Gasteiger partial charge >= 0.3 is 5.97 Å². The van der Waals surface area contributed by atoms with Gasteiger partial charge in [0.2, 0.25) is 0 Å². The van der Waals surface area contributed by atoms with Gasteiger partial charge in [0, 0.05) is 17.1 Å². The molecule has 1 aromatic carbocycles. The number of benzene rings is 1. The number of hydrogen-bond donors (Lipinski definition) is 1. The lowest BCUT2D eigenvalue weighted by Crippen LogP contribution is -1.94. The number of carbonyl (C=O) groups is 1. The number of carboxylic acids is 1. The molecular formula is C15H9N3O2S. The maximum Gasteiger partial charge on any atom is 0.347 e. The van der Waals surface area contributed by atoms with Crippen molar-refractivity contribution in [2.75, 3.05) is 0 Å². The average molecular weight is 295 g/mol. The molecule has 0 amide bonds. The lowest BCUT2D eigenvalue weighted by atomic mass is 10.1. The molecule has 0 saturated carbocycles. The van der Waals surface area contributed by atoms with Crippen molar-refractivity contribution < 1.29 is 9.90 Å². The van der Waals surface area contributed by atoms with Crippen LogP contribution in [0.2, 0.25) is 0 Å². The summed E-state index contributed by atoms with van der Waals surface area (Å²) in [6.45, 7) is 1.66. The first kappa shape index (κ1) is 13.2. The molecule has 0 saturated heterocycles. The molecule has 1 N–H and O–H groups in total. The first-order valence-corrected chi connectivity index (χ1v) is 6.92. The summed E-state index contributed by atoms with van der Waals surface area (Å²) < 4.78 is 0. The number of nitriles is 1. The van der Waals surface area contributed by atoms with E-state index < -0.39 is 5.97 Å². The van der Waals surface area contributed by atoms with Gasteiger partial charge in [-0.05, 0) is 25.1 Å². The minimum atomic E-state index is -0.987. The summed E-state index contributed by atoms with van der Waals surface area (Å²) in [4.78, 5) is 19.8. The number of aromatic nitrogens is 2. The van der Waals surface area contributed by atoms with Gasteiger partial charge in [0.1, 0.15) is 16.0 Å². The van der Waals surface area contributed by atoms with E-state index in [2.05, 4.69) is 16.0 Å². The minimum absolute atomic E-state index is 0.217. The Hall–Kier alpha value is -2.78. The quantitative estimate of drug-likeness (QED) is 0.784. The zero-order valence-electron chi connectivity index (χ0n) is 11.0. The second-order valence-electron chi connectivity index (χ2n) is 4.45. The van der Waals surface area contributed by atoms with E-state index in [0.717, 1.165) is 22.3 Å². The summed E-state index contributed by atoms with van der Waals surface area (Å²) in [5.74, 6) is -0.987. The summed E-state index contributed by atoms with van der Waals surface area (Å²) in [7, 11) is 0. The molecule has 0 aliphatic carbocycles. The van der Waals surface area contributed by atoms with Crippen LogP contribution in [0, 0.1) is 18.3 Å². The van der Waals surface area contributed by atoms with Gasteiger partial charge < -0.3 is 5.11 Å². The van der Waals surface area contributed by atoms with Crippen LogP contribution in [0.25, 0.3) is 21.5 Å². The molecule has 0 unspecified atom stereocenters. The van der Waals surface area contributed by atoms with Gasteiger partial charge in [-0.1, -0.05) is 6.07 Å². The summed E-state index contributed by atoms with van der Waals surface area (Å²) in [6, 6.07) is 9.35. The molecule has 0 atom stereocenters. The van der Waals surface area contributed by atoms with Crippen LogP contribution in [-0.4, -0.2) is 21.0 Å². The second-order valence-corrected chi connectivity index (χ2v) is 5.45. The van der Waals surface area contributed by atoms with Crippen LogP contribution >= 0.6 is 11.3 Å². The molecule has 0 radical (unpaired) electrons. The fraction of sp³-hybridized carbons (Fsp3) is 0.0667. The first-order chi connectivity index (χ1) is 10.1. The summed E-state index contributed by atoms with van der Waals surface area (Å²) in [6.07, 6.45) is 1.64. The van der Waals surface area contributed by atoms with Crippen LogP contribution in [0.1, 0.15) is 20.9 Å². The van der Waals surface area contributed by atoms with Gasteiger partial charge in [-0.3, -0.25) is 4.98 Å². The molecule has 0 bridgehead atoms. The number of hydrogen-bond acceptors (Lipinski definition) is 5. The molecule has 0 aliphatic rings. The Morgan fingerprint density at radius 2 is 2.24 bits per heavy atom. The molecule has 5 nitrogen and oxygen atoms in total. The van der Waals surface area contributed by atoms with E-state index in [1.165, 1.54) is 0 Å².